The minimum Gasteiger partial charge on any atom is -0.389 e. The second-order valence-corrected chi connectivity index (χ2v) is 7.55. The van der Waals surface area contributed by atoms with E-state index in [0.717, 1.165) is 11.3 Å². The molecule has 0 spiro atoms. The standard InChI is InChI=1S/C10H15N3O3S3/c1-6(2)13-8(14)5-12-19(15,16)9-4-3-7(18-9)10(11)17/h3-4,6,12H,5H2,1-2H3,(H2,11,17)(H,13,14). The Bertz CT molecular complexity index is 578. The quantitative estimate of drug-likeness (QED) is 0.649. The largest absolute Gasteiger partial charge is 0.389 e. The molecule has 1 heterocycles. The maximum atomic E-state index is 11.9. The molecule has 0 atom stereocenters. The number of carbonyl (C=O) groups excluding carboxylic acids is 1. The summed E-state index contributed by atoms with van der Waals surface area (Å²) in [5, 5.41) is 2.59. The number of nitrogens with one attached hydrogen (secondary N) is 2. The van der Waals surface area contributed by atoms with Crippen molar-refractivity contribution in [3.05, 3.63) is 17.0 Å². The number of carbonyl (C=O) groups is 1. The van der Waals surface area contributed by atoms with E-state index in [1.807, 2.05) is 0 Å². The first-order valence-electron chi connectivity index (χ1n) is 5.41. The van der Waals surface area contributed by atoms with Gasteiger partial charge < -0.3 is 11.1 Å². The van der Waals surface area contributed by atoms with Crippen LogP contribution in [0.3, 0.4) is 0 Å². The van der Waals surface area contributed by atoms with Crippen LogP contribution >= 0.6 is 23.6 Å². The number of hydrogen-bond donors (Lipinski definition) is 3. The molecule has 0 fully saturated rings. The number of nitrogens with two attached hydrogens (primary N) is 1. The summed E-state index contributed by atoms with van der Waals surface area (Å²) in [7, 11) is -3.71. The maximum Gasteiger partial charge on any atom is 0.250 e. The Morgan fingerprint density at radius 3 is 2.58 bits per heavy atom. The average molecular weight is 321 g/mol. The Hall–Kier alpha value is -1.03. The van der Waals surface area contributed by atoms with Crippen LogP contribution in [0.25, 0.3) is 0 Å². The third kappa shape index (κ3) is 4.86. The van der Waals surface area contributed by atoms with Gasteiger partial charge in [0.05, 0.1) is 11.4 Å². The van der Waals surface area contributed by atoms with Gasteiger partial charge in [0, 0.05) is 6.04 Å². The summed E-state index contributed by atoms with van der Waals surface area (Å²) in [5.41, 5.74) is 5.41. The van der Waals surface area contributed by atoms with Crippen LogP contribution in [-0.4, -0.2) is 31.9 Å². The SMILES string of the molecule is CC(C)NC(=O)CNS(=O)(=O)c1ccc(C(N)=S)s1. The summed E-state index contributed by atoms with van der Waals surface area (Å²) >= 11 is 5.73. The lowest BCUT2D eigenvalue weighted by molar-refractivity contribution is -0.120. The molecule has 4 N–H and O–H groups in total. The van der Waals surface area contributed by atoms with Crippen molar-refractivity contribution in [3.63, 3.8) is 0 Å². The highest BCUT2D eigenvalue weighted by Gasteiger charge is 2.18. The summed E-state index contributed by atoms with van der Waals surface area (Å²) in [4.78, 5) is 12.0. The minimum atomic E-state index is -3.71. The number of thiocarbonyl (C=S) groups is 1. The van der Waals surface area contributed by atoms with E-state index in [1.54, 1.807) is 13.8 Å². The topological polar surface area (TPSA) is 101 Å². The summed E-state index contributed by atoms with van der Waals surface area (Å²) in [6.07, 6.45) is 0. The zero-order valence-corrected chi connectivity index (χ0v) is 12.9. The molecular weight excluding hydrogens is 306 g/mol. The first-order valence-corrected chi connectivity index (χ1v) is 8.12. The number of rotatable bonds is 6. The Morgan fingerprint density at radius 1 is 1.47 bits per heavy atom. The Balaban J connectivity index is 2.70. The van der Waals surface area contributed by atoms with Crippen molar-refractivity contribution in [1.82, 2.24) is 10.0 Å². The highest BCUT2D eigenvalue weighted by Crippen LogP contribution is 2.21. The van der Waals surface area contributed by atoms with Crippen molar-refractivity contribution in [3.8, 4) is 0 Å². The molecule has 9 heteroatoms. The summed E-state index contributed by atoms with van der Waals surface area (Å²) < 4.78 is 26.1. The Kier molecular flexibility index (Phi) is 5.41. The van der Waals surface area contributed by atoms with Crippen LogP contribution in [0.1, 0.15) is 18.7 Å². The normalized spacial score (nSPS) is 11.5. The van der Waals surface area contributed by atoms with Crippen LogP contribution in [0.4, 0.5) is 0 Å². The molecule has 0 radical (unpaired) electrons. The van der Waals surface area contributed by atoms with Gasteiger partial charge in [0.15, 0.2) is 0 Å². The lowest BCUT2D eigenvalue weighted by Crippen LogP contribution is -2.39. The number of sulfonamides is 1. The van der Waals surface area contributed by atoms with Crippen LogP contribution in [0, 0.1) is 0 Å². The molecule has 1 rings (SSSR count). The van der Waals surface area contributed by atoms with Crippen molar-refractivity contribution in [2.75, 3.05) is 6.54 Å². The van der Waals surface area contributed by atoms with E-state index in [1.165, 1.54) is 12.1 Å². The van der Waals surface area contributed by atoms with Crippen molar-refractivity contribution >= 4 is 44.5 Å². The van der Waals surface area contributed by atoms with Gasteiger partial charge in [0.25, 0.3) is 10.0 Å². The molecule has 0 aliphatic heterocycles. The lowest BCUT2D eigenvalue weighted by atomic mass is 10.4. The predicted octanol–water partition coefficient (Wildman–Crippen LogP) is 0.185. The smallest absolute Gasteiger partial charge is 0.250 e. The van der Waals surface area contributed by atoms with Crippen LogP contribution in [-0.2, 0) is 14.8 Å². The molecule has 0 aliphatic rings. The van der Waals surface area contributed by atoms with Crippen LogP contribution in [0.5, 0.6) is 0 Å². The van der Waals surface area contributed by atoms with Crippen molar-refractivity contribution in [2.24, 2.45) is 5.73 Å². The van der Waals surface area contributed by atoms with E-state index >= 15 is 0 Å². The van der Waals surface area contributed by atoms with Gasteiger partial charge in [-0.15, -0.1) is 11.3 Å². The zero-order valence-electron chi connectivity index (χ0n) is 10.5. The van der Waals surface area contributed by atoms with E-state index in [2.05, 4.69) is 10.0 Å². The molecule has 106 valence electrons. The summed E-state index contributed by atoms with van der Waals surface area (Å²) in [6, 6.07) is 2.90. The molecule has 0 saturated carbocycles. The van der Waals surface area contributed by atoms with Gasteiger partial charge >= 0.3 is 0 Å². The first kappa shape index (κ1) is 16.0. The highest BCUT2D eigenvalue weighted by molar-refractivity contribution is 7.91. The van der Waals surface area contributed by atoms with Crippen molar-refractivity contribution in [2.45, 2.75) is 24.1 Å². The molecule has 1 aromatic rings. The third-order valence-electron chi connectivity index (χ3n) is 1.96. The van der Waals surface area contributed by atoms with Gasteiger partial charge in [-0.05, 0) is 26.0 Å². The van der Waals surface area contributed by atoms with Gasteiger partial charge in [0.1, 0.15) is 9.20 Å². The minimum absolute atomic E-state index is 0.0417. The molecule has 19 heavy (non-hydrogen) atoms. The second-order valence-electron chi connectivity index (χ2n) is 4.03. The fourth-order valence-corrected chi connectivity index (χ4v) is 3.58. The lowest BCUT2D eigenvalue weighted by Gasteiger charge is -2.08. The molecule has 0 bridgehead atoms. The van der Waals surface area contributed by atoms with Gasteiger partial charge in [-0.1, -0.05) is 12.2 Å². The van der Waals surface area contributed by atoms with Gasteiger partial charge in [-0.3, -0.25) is 4.79 Å². The Morgan fingerprint density at radius 2 is 2.11 bits per heavy atom. The molecule has 0 saturated heterocycles. The number of amides is 1. The number of hydrogen-bond acceptors (Lipinski definition) is 5. The van der Waals surface area contributed by atoms with Crippen molar-refractivity contribution < 1.29 is 13.2 Å². The molecule has 0 aliphatic carbocycles. The van der Waals surface area contributed by atoms with Gasteiger partial charge in [0.2, 0.25) is 5.91 Å². The number of thiophene rings is 1. The molecule has 1 amide bonds. The van der Waals surface area contributed by atoms with Crippen LogP contribution in [0.2, 0.25) is 0 Å². The van der Waals surface area contributed by atoms with E-state index in [-0.39, 0.29) is 27.7 Å². The van der Waals surface area contributed by atoms with Gasteiger partial charge in [-0.2, -0.15) is 0 Å². The zero-order chi connectivity index (χ0) is 14.6. The first-order chi connectivity index (χ1) is 8.72. The fourth-order valence-electron chi connectivity index (χ4n) is 1.20. The van der Waals surface area contributed by atoms with Crippen LogP contribution in [0.15, 0.2) is 16.3 Å². The fraction of sp³-hybridized carbons (Fsp3) is 0.400. The highest BCUT2D eigenvalue weighted by atomic mass is 32.2. The molecule has 0 unspecified atom stereocenters. The monoisotopic (exact) mass is 321 g/mol. The summed E-state index contributed by atoms with van der Waals surface area (Å²) in [5.74, 6) is -0.385. The molecule has 0 aromatic carbocycles. The maximum absolute atomic E-state index is 11.9. The average Bonchev–Trinajstić information content (AvgIpc) is 2.75. The summed E-state index contributed by atoms with van der Waals surface area (Å²) in [6.45, 7) is 3.28. The third-order valence-corrected chi connectivity index (χ3v) is 5.32. The predicted molar refractivity (Wildman–Crippen MR) is 78.7 cm³/mol. The van der Waals surface area contributed by atoms with E-state index in [0.29, 0.717) is 4.88 Å². The van der Waals surface area contributed by atoms with Crippen molar-refractivity contribution in [1.29, 1.82) is 0 Å². The van der Waals surface area contributed by atoms with E-state index in [4.69, 9.17) is 18.0 Å². The van der Waals surface area contributed by atoms with E-state index < -0.39 is 10.0 Å². The van der Waals surface area contributed by atoms with Gasteiger partial charge in [-0.25, -0.2) is 13.1 Å². The molecule has 6 nitrogen and oxygen atoms in total. The molecule has 1 aromatic heterocycles. The molecular formula is C10H15N3O3S3. The Labute approximate surface area is 121 Å². The van der Waals surface area contributed by atoms with E-state index in [9.17, 15) is 13.2 Å². The second kappa shape index (κ2) is 6.42. The van der Waals surface area contributed by atoms with Crippen LogP contribution < -0.4 is 15.8 Å².